The summed E-state index contributed by atoms with van der Waals surface area (Å²) in [6.45, 7) is 6.46. The predicted molar refractivity (Wildman–Crippen MR) is 78.6 cm³/mol. The van der Waals surface area contributed by atoms with Crippen LogP contribution < -0.4 is 15.8 Å². The first kappa shape index (κ1) is 15.6. The van der Waals surface area contributed by atoms with E-state index < -0.39 is 0 Å². The topological polar surface area (TPSA) is 69.4 Å². The van der Waals surface area contributed by atoms with Crippen molar-refractivity contribution in [1.82, 2.24) is 4.98 Å². The number of methoxy groups -OCH3 is 1. The Bertz CT molecular complexity index is 370. The molecule has 3 N–H and O–H groups in total. The van der Waals surface area contributed by atoms with Crippen LogP contribution >= 0.6 is 0 Å². The molecule has 1 aromatic heterocycles. The molecule has 0 unspecified atom stereocenters. The van der Waals surface area contributed by atoms with Gasteiger partial charge in [0.2, 0.25) is 5.88 Å². The minimum absolute atomic E-state index is 0.451. The SMILES string of the molecule is COCCCCNc1ccc(N)c(OCC(C)C)n1. The summed E-state index contributed by atoms with van der Waals surface area (Å²) in [5.74, 6) is 1.76. The molecule has 1 rings (SSSR count). The fourth-order valence-corrected chi connectivity index (χ4v) is 1.50. The van der Waals surface area contributed by atoms with Crippen molar-refractivity contribution in [2.75, 3.05) is 37.9 Å². The maximum absolute atomic E-state index is 5.84. The molecule has 0 bridgehead atoms. The number of unbranched alkanes of at least 4 members (excludes halogenated alkanes) is 1. The quantitative estimate of drug-likeness (QED) is 0.673. The van der Waals surface area contributed by atoms with Crippen molar-refractivity contribution < 1.29 is 9.47 Å². The molecule has 0 aliphatic carbocycles. The zero-order chi connectivity index (χ0) is 14.1. The fourth-order valence-electron chi connectivity index (χ4n) is 1.50. The molecule has 5 nitrogen and oxygen atoms in total. The van der Waals surface area contributed by atoms with E-state index in [-0.39, 0.29) is 0 Å². The van der Waals surface area contributed by atoms with Gasteiger partial charge >= 0.3 is 0 Å². The zero-order valence-corrected chi connectivity index (χ0v) is 12.1. The molecular weight excluding hydrogens is 242 g/mol. The summed E-state index contributed by atoms with van der Waals surface area (Å²) in [6.07, 6.45) is 2.08. The molecule has 0 radical (unpaired) electrons. The van der Waals surface area contributed by atoms with Crippen molar-refractivity contribution in [1.29, 1.82) is 0 Å². The first-order valence-corrected chi connectivity index (χ1v) is 6.75. The number of pyridine rings is 1. The maximum Gasteiger partial charge on any atom is 0.239 e. The second kappa shape index (κ2) is 8.58. The van der Waals surface area contributed by atoms with Crippen molar-refractivity contribution in [3.63, 3.8) is 0 Å². The number of rotatable bonds is 9. The summed E-state index contributed by atoms with van der Waals surface area (Å²) in [6, 6.07) is 3.69. The van der Waals surface area contributed by atoms with Crippen LogP contribution in [0, 0.1) is 5.92 Å². The third-order valence-corrected chi connectivity index (χ3v) is 2.52. The summed E-state index contributed by atoms with van der Waals surface area (Å²) < 4.78 is 10.6. The molecule has 0 atom stereocenters. The van der Waals surface area contributed by atoms with Gasteiger partial charge in [0.05, 0.1) is 12.3 Å². The highest BCUT2D eigenvalue weighted by atomic mass is 16.5. The normalized spacial score (nSPS) is 10.7. The Balaban J connectivity index is 2.43. The number of aromatic nitrogens is 1. The number of nitrogen functional groups attached to an aromatic ring is 1. The Hall–Kier alpha value is -1.49. The first-order chi connectivity index (χ1) is 9.13. The third kappa shape index (κ3) is 6.29. The average molecular weight is 267 g/mol. The summed E-state index contributed by atoms with van der Waals surface area (Å²) in [5, 5.41) is 3.26. The highest BCUT2D eigenvalue weighted by molar-refractivity contribution is 5.53. The van der Waals surface area contributed by atoms with E-state index in [9.17, 15) is 0 Å². The predicted octanol–water partition coefficient (Wildman–Crippen LogP) is 2.54. The maximum atomic E-state index is 5.84. The lowest BCUT2D eigenvalue weighted by Gasteiger charge is -2.12. The zero-order valence-electron chi connectivity index (χ0n) is 12.1. The van der Waals surface area contributed by atoms with Crippen LogP contribution in [0.15, 0.2) is 12.1 Å². The second-order valence-corrected chi connectivity index (χ2v) is 4.92. The van der Waals surface area contributed by atoms with E-state index in [0.717, 1.165) is 31.8 Å². The minimum atomic E-state index is 0.451. The number of nitrogens with zero attached hydrogens (tertiary/aromatic N) is 1. The molecule has 0 aliphatic heterocycles. The standard InChI is InChI=1S/C14H25N3O2/c1-11(2)10-19-14-12(15)6-7-13(17-14)16-8-4-5-9-18-3/h6-7,11H,4-5,8-10,15H2,1-3H3,(H,16,17). The molecule has 1 heterocycles. The van der Waals surface area contributed by atoms with Gasteiger partial charge in [-0.1, -0.05) is 13.8 Å². The molecule has 19 heavy (non-hydrogen) atoms. The molecule has 0 saturated carbocycles. The van der Waals surface area contributed by atoms with Gasteiger partial charge in [-0.15, -0.1) is 0 Å². The van der Waals surface area contributed by atoms with Crippen LogP contribution in [-0.4, -0.2) is 31.9 Å². The molecule has 0 fully saturated rings. The van der Waals surface area contributed by atoms with Crippen LogP contribution in [0.4, 0.5) is 11.5 Å². The van der Waals surface area contributed by atoms with Gasteiger partial charge in [0.15, 0.2) is 0 Å². The summed E-state index contributed by atoms with van der Waals surface area (Å²) in [5.41, 5.74) is 6.41. The monoisotopic (exact) mass is 267 g/mol. The van der Waals surface area contributed by atoms with Gasteiger partial charge < -0.3 is 20.5 Å². The number of nitrogens with one attached hydrogen (secondary N) is 1. The average Bonchev–Trinajstić information content (AvgIpc) is 2.38. The number of nitrogens with two attached hydrogens (primary N) is 1. The van der Waals surface area contributed by atoms with E-state index in [2.05, 4.69) is 24.1 Å². The van der Waals surface area contributed by atoms with Gasteiger partial charge in [0, 0.05) is 20.3 Å². The summed E-state index contributed by atoms with van der Waals surface area (Å²) in [4.78, 5) is 4.37. The summed E-state index contributed by atoms with van der Waals surface area (Å²) in [7, 11) is 1.72. The van der Waals surface area contributed by atoms with E-state index in [1.807, 2.05) is 12.1 Å². The molecule has 5 heteroatoms. The van der Waals surface area contributed by atoms with Crippen molar-refractivity contribution in [2.45, 2.75) is 26.7 Å². The van der Waals surface area contributed by atoms with Crippen molar-refractivity contribution >= 4 is 11.5 Å². The minimum Gasteiger partial charge on any atom is -0.476 e. The third-order valence-electron chi connectivity index (χ3n) is 2.52. The van der Waals surface area contributed by atoms with Gasteiger partial charge in [0.25, 0.3) is 0 Å². The Morgan fingerprint density at radius 3 is 2.79 bits per heavy atom. The molecule has 1 aromatic rings. The second-order valence-electron chi connectivity index (χ2n) is 4.92. The molecule has 0 amide bonds. The largest absolute Gasteiger partial charge is 0.476 e. The molecule has 0 saturated heterocycles. The number of hydrogen-bond donors (Lipinski definition) is 2. The van der Waals surface area contributed by atoms with Gasteiger partial charge in [-0.2, -0.15) is 4.98 Å². The fraction of sp³-hybridized carbons (Fsp3) is 0.643. The van der Waals surface area contributed by atoms with Crippen LogP contribution in [-0.2, 0) is 4.74 Å². The molecular formula is C14H25N3O2. The Labute approximate surface area is 115 Å². The Morgan fingerprint density at radius 1 is 1.32 bits per heavy atom. The molecule has 0 spiro atoms. The number of hydrogen-bond acceptors (Lipinski definition) is 5. The van der Waals surface area contributed by atoms with Gasteiger partial charge in [-0.05, 0) is 30.9 Å². The Kier molecular flexibility index (Phi) is 7.03. The first-order valence-electron chi connectivity index (χ1n) is 6.75. The van der Waals surface area contributed by atoms with E-state index in [4.69, 9.17) is 15.2 Å². The molecule has 0 aliphatic rings. The van der Waals surface area contributed by atoms with E-state index in [1.165, 1.54) is 0 Å². The smallest absolute Gasteiger partial charge is 0.239 e. The lowest BCUT2D eigenvalue weighted by molar-refractivity contribution is 0.193. The van der Waals surface area contributed by atoms with Crippen molar-refractivity contribution in [3.8, 4) is 5.88 Å². The van der Waals surface area contributed by atoms with Crippen molar-refractivity contribution in [3.05, 3.63) is 12.1 Å². The highest BCUT2D eigenvalue weighted by Crippen LogP contribution is 2.21. The van der Waals surface area contributed by atoms with Crippen molar-refractivity contribution in [2.24, 2.45) is 5.92 Å². The number of ether oxygens (including phenoxy) is 2. The van der Waals surface area contributed by atoms with Crippen LogP contribution in [0.2, 0.25) is 0 Å². The number of anilines is 2. The van der Waals surface area contributed by atoms with Gasteiger partial charge in [-0.3, -0.25) is 0 Å². The molecule has 108 valence electrons. The summed E-state index contributed by atoms with van der Waals surface area (Å²) >= 11 is 0. The Morgan fingerprint density at radius 2 is 2.11 bits per heavy atom. The van der Waals surface area contributed by atoms with Gasteiger partial charge in [-0.25, -0.2) is 0 Å². The van der Waals surface area contributed by atoms with E-state index in [1.54, 1.807) is 7.11 Å². The van der Waals surface area contributed by atoms with Crippen LogP contribution in [0.5, 0.6) is 5.88 Å². The van der Waals surface area contributed by atoms with E-state index >= 15 is 0 Å². The highest BCUT2D eigenvalue weighted by Gasteiger charge is 2.05. The molecule has 0 aromatic carbocycles. The van der Waals surface area contributed by atoms with Gasteiger partial charge in [0.1, 0.15) is 5.82 Å². The van der Waals surface area contributed by atoms with Crippen LogP contribution in [0.25, 0.3) is 0 Å². The lowest BCUT2D eigenvalue weighted by atomic mass is 10.2. The van der Waals surface area contributed by atoms with E-state index in [0.29, 0.717) is 24.1 Å². The lowest BCUT2D eigenvalue weighted by Crippen LogP contribution is -2.10. The van der Waals surface area contributed by atoms with Crippen LogP contribution in [0.1, 0.15) is 26.7 Å². The van der Waals surface area contributed by atoms with Crippen LogP contribution in [0.3, 0.4) is 0 Å².